The first kappa shape index (κ1) is 11.8. The molecular formula is C11H18N6. The number of anilines is 2. The molecule has 1 aromatic heterocycles. The third kappa shape index (κ3) is 3.13. The van der Waals surface area contributed by atoms with Gasteiger partial charge in [0.05, 0.1) is 6.20 Å². The molecule has 2 heterocycles. The molecule has 2 rings (SSSR count). The third-order valence-corrected chi connectivity index (χ3v) is 2.78. The van der Waals surface area contributed by atoms with Crippen LogP contribution in [-0.4, -0.2) is 59.9 Å². The van der Waals surface area contributed by atoms with Crippen molar-refractivity contribution in [1.29, 1.82) is 0 Å². The Morgan fingerprint density at radius 1 is 1.41 bits per heavy atom. The summed E-state index contributed by atoms with van der Waals surface area (Å²) in [6, 6.07) is 0. The molecular weight excluding hydrogens is 216 g/mol. The van der Waals surface area contributed by atoms with Crippen molar-refractivity contribution in [1.82, 2.24) is 20.1 Å². The number of hydrogen-bond donors (Lipinski definition) is 1. The summed E-state index contributed by atoms with van der Waals surface area (Å²) in [6.45, 7) is 8.36. The van der Waals surface area contributed by atoms with Gasteiger partial charge in [-0.05, 0) is 7.05 Å². The quantitative estimate of drug-likeness (QED) is 0.752. The lowest BCUT2D eigenvalue weighted by molar-refractivity contribution is 0.312. The van der Waals surface area contributed by atoms with Crippen molar-refractivity contribution in [3.05, 3.63) is 18.9 Å². The maximum absolute atomic E-state index is 4.43. The van der Waals surface area contributed by atoms with Crippen LogP contribution in [0.4, 0.5) is 11.8 Å². The Hall–Kier alpha value is -1.69. The number of hydrogen-bond acceptors (Lipinski definition) is 6. The molecule has 0 aromatic carbocycles. The fourth-order valence-electron chi connectivity index (χ4n) is 1.72. The van der Waals surface area contributed by atoms with Crippen molar-refractivity contribution in [2.24, 2.45) is 0 Å². The van der Waals surface area contributed by atoms with Gasteiger partial charge in [-0.2, -0.15) is 10.1 Å². The van der Waals surface area contributed by atoms with E-state index in [-0.39, 0.29) is 0 Å². The molecule has 0 saturated carbocycles. The Labute approximate surface area is 101 Å². The molecule has 1 N–H and O–H groups in total. The van der Waals surface area contributed by atoms with Crippen LogP contribution in [0.5, 0.6) is 0 Å². The Kier molecular flexibility index (Phi) is 3.87. The summed E-state index contributed by atoms with van der Waals surface area (Å²) >= 11 is 0. The van der Waals surface area contributed by atoms with Crippen molar-refractivity contribution in [3.8, 4) is 0 Å². The van der Waals surface area contributed by atoms with Gasteiger partial charge in [0, 0.05) is 32.7 Å². The first-order valence-electron chi connectivity index (χ1n) is 5.77. The van der Waals surface area contributed by atoms with Crippen LogP contribution in [0.2, 0.25) is 0 Å². The number of rotatable bonds is 4. The van der Waals surface area contributed by atoms with Gasteiger partial charge in [0.1, 0.15) is 0 Å². The molecule has 0 spiro atoms. The normalized spacial score (nSPS) is 16.9. The van der Waals surface area contributed by atoms with E-state index in [0.717, 1.165) is 32.0 Å². The van der Waals surface area contributed by atoms with Crippen LogP contribution in [0.1, 0.15) is 0 Å². The van der Waals surface area contributed by atoms with E-state index in [1.54, 1.807) is 12.3 Å². The van der Waals surface area contributed by atoms with Crippen molar-refractivity contribution >= 4 is 11.8 Å². The molecule has 1 saturated heterocycles. The highest BCUT2D eigenvalue weighted by Crippen LogP contribution is 2.12. The smallest absolute Gasteiger partial charge is 0.244 e. The summed E-state index contributed by atoms with van der Waals surface area (Å²) in [5, 5.41) is 10.9. The van der Waals surface area contributed by atoms with Gasteiger partial charge < -0.3 is 15.1 Å². The lowest BCUT2D eigenvalue weighted by Crippen LogP contribution is -2.44. The van der Waals surface area contributed by atoms with Crippen molar-refractivity contribution < 1.29 is 0 Å². The summed E-state index contributed by atoms with van der Waals surface area (Å²) in [4.78, 5) is 8.97. The molecule has 1 aliphatic heterocycles. The predicted molar refractivity (Wildman–Crippen MR) is 68.2 cm³/mol. The molecule has 1 fully saturated rings. The van der Waals surface area contributed by atoms with E-state index in [0.29, 0.717) is 12.5 Å². The highest BCUT2D eigenvalue weighted by atomic mass is 15.3. The van der Waals surface area contributed by atoms with Crippen LogP contribution in [0.15, 0.2) is 18.9 Å². The Bertz CT molecular complexity index is 372. The van der Waals surface area contributed by atoms with E-state index in [9.17, 15) is 0 Å². The average molecular weight is 234 g/mol. The summed E-state index contributed by atoms with van der Waals surface area (Å²) < 4.78 is 0. The molecule has 92 valence electrons. The Morgan fingerprint density at radius 2 is 2.18 bits per heavy atom. The number of likely N-dealkylation sites (N-methyl/N-ethyl adjacent to an activating group) is 1. The van der Waals surface area contributed by atoms with Gasteiger partial charge in [0.25, 0.3) is 0 Å². The van der Waals surface area contributed by atoms with Gasteiger partial charge in [0.2, 0.25) is 5.95 Å². The number of piperazine rings is 1. The maximum Gasteiger partial charge on any atom is 0.244 e. The third-order valence-electron chi connectivity index (χ3n) is 2.78. The largest absolute Gasteiger partial charge is 0.353 e. The van der Waals surface area contributed by atoms with Crippen LogP contribution in [0.25, 0.3) is 0 Å². The van der Waals surface area contributed by atoms with E-state index >= 15 is 0 Å². The molecule has 6 nitrogen and oxygen atoms in total. The second-order valence-electron chi connectivity index (χ2n) is 4.10. The van der Waals surface area contributed by atoms with Crippen LogP contribution >= 0.6 is 0 Å². The second-order valence-corrected chi connectivity index (χ2v) is 4.10. The monoisotopic (exact) mass is 234 g/mol. The number of nitrogens with one attached hydrogen (secondary N) is 1. The Morgan fingerprint density at radius 3 is 2.88 bits per heavy atom. The Balaban J connectivity index is 2.02. The average Bonchev–Trinajstić information content (AvgIpc) is 2.37. The molecule has 6 heteroatoms. The topological polar surface area (TPSA) is 57.2 Å². The zero-order valence-electron chi connectivity index (χ0n) is 10.1. The predicted octanol–water partition coefficient (Wildman–Crippen LogP) is 0.221. The van der Waals surface area contributed by atoms with E-state index in [1.165, 1.54) is 0 Å². The van der Waals surface area contributed by atoms with Gasteiger partial charge in [0.15, 0.2) is 5.82 Å². The van der Waals surface area contributed by atoms with Crippen LogP contribution < -0.4 is 10.2 Å². The van der Waals surface area contributed by atoms with Gasteiger partial charge in [-0.1, -0.05) is 6.08 Å². The lowest BCUT2D eigenvalue weighted by Gasteiger charge is -2.32. The van der Waals surface area contributed by atoms with E-state index in [2.05, 4.69) is 43.9 Å². The maximum atomic E-state index is 4.43. The van der Waals surface area contributed by atoms with E-state index in [4.69, 9.17) is 0 Å². The minimum atomic E-state index is 0.557. The molecule has 0 radical (unpaired) electrons. The second kappa shape index (κ2) is 5.58. The van der Waals surface area contributed by atoms with Crippen LogP contribution in [-0.2, 0) is 0 Å². The zero-order valence-corrected chi connectivity index (χ0v) is 10.1. The zero-order chi connectivity index (χ0) is 12.1. The van der Waals surface area contributed by atoms with Gasteiger partial charge in [-0.25, -0.2) is 0 Å². The molecule has 0 bridgehead atoms. The number of aromatic nitrogens is 3. The van der Waals surface area contributed by atoms with E-state index in [1.807, 2.05) is 0 Å². The minimum Gasteiger partial charge on any atom is -0.353 e. The fraction of sp³-hybridized carbons (Fsp3) is 0.545. The van der Waals surface area contributed by atoms with Gasteiger partial charge >= 0.3 is 0 Å². The molecule has 17 heavy (non-hydrogen) atoms. The van der Waals surface area contributed by atoms with E-state index < -0.39 is 0 Å². The minimum absolute atomic E-state index is 0.557. The van der Waals surface area contributed by atoms with Gasteiger partial charge in [-0.3, -0.25) is 0 Å². The highest BCUT2D eigenvalue weighted by Gasteiger charge is 2.15. The lowest BCUT2D eigenvalue weighted by atomic mass is 10.3. The highest BCUT2D eigenvalue weighted by molar-refractivity contribution is 5.40. The van der Waals surface area contributed by atoms with Crippen molar-refractivity contribution in [2.75, 3.05) is 50.0 Å². The molecule has 0 unspecified atom stereocenters. The molecule has 0 amide bonds. The van der Waals surface area contributed by atoms with Crippen molar-refractivity contribution in [3.63, 3.8) is 0 Å². The summed E-state index contributed by atoms with van der Waals surface area (Å²) in [5.41, 5.74) is 0. The standard InChI is InChI=1S/C11H18N6/c1-3-4-12-11-14-10(9-13-15-11)17-7-5-16(2)6-8-17/h3,9H,1,4-8H2,2H3,(H,12,14,15). The SMILES string of the molecule is C=CCNc1nncc(N2CCN(C)CC2)n1. The summed E-state index contributed by atoms with van der Waals surface area (Å²) in [5.74, 6) is 1.45. The van der Waals surface area contributed by atoms with Crippen LogP contribution in [0.3, 0.4) is 0 Å². The fourth-order valence-corrected chi connectivity index (χ4v) is 1.72. The number of nitrogens with zero attached hydrogens (tertiary/aromatic N) is 5. The first-order chi connectivity index (χ1) is 8.29. The molecule has 1 aromatic rings. The van der Waals surface area contributed by atoms with Crippen LogP contribution in [0, 0.1) is 0 Å². The van der Waals surface area contributed by atoms with Gasteiger partial charge in [-0.15, -0.1) is 11.7 Å². The molecule has 0 atom stereocenters. The first-order valence-corrected chi connectivity index (χ1v) is 5.77. The molecule has 1 aliphatic rings. The van der Waals surface area contributed by atoms with Crippen molar-refractivity contribution in [2.45, 2.75) is 0 Å². The summed E-state index contributed by atoms with van der Waals surface area (Å²) in [6.07, 6.45) is 3.48. The summed E-state index contributed by atoms with van der Waals surface area (Å²) in [7, 11) is 2.13. The molecule has 0 aliphatic carbocycles.